The van der Waals surface area contributed by atoms with Gasteiger partial charge in [-0.25, -0.2) is 0 Å². The average molecular weight is 895 g/mol. The highest BCUT2D eigenvalue weighted by atomic mass is 15.1. The van der Waals surface area contributed by atoms with Gasteiger partial charge in [-0.1, -0.05) is 321 Å². The maximum atomic E-state index is 2.36. The summed E-state index contributed by atoms with van der Waals surface area (Å²) >= 11 is 0. The van der Waals surface area contributed by atoms with Crippen LogP contribution >= 0.6 is 0 Å². The molecule has 0 aromatic heterocycles. The Hall–Kier alpha value is -4.88. The van der Waals surface area contributed by atoms with Crippen LogP contribution in [0.25, 0.3) is 33.4 Å². The Morgan fingerprint density at radius 2 is 0.385 bits per heavy atom. The van der Waals surface area contributed by atoms with Crippen molar-refractivity contribution in [3.63, 3.8) is 0 Å². The zero-order chi connectivity index (χ0) is 52.9. The first-order valence-electron chi connectivity index (χ1n) is 26.6. The van der Waals surface area contributed by atoms with Crippen molar-refractivity contribution < 1.29 is 0 Å². The summed E-state index contributed by atoms with van der Waals surface area (Å²) in [4.78, 5) is 2.36. The van der Waals surface area contributed by atoms with Gasteiger partial charge in [0.15, 0.2) is 0 Å². The molecule has 1 heteroatoms. The van der Waals surface area contributed by atoms with Gasteiger partial charge in [-0.15, -0.1) is 0 Å². The van der Waals surface area contributed by atoms with Crippen LogP contribution in [0.2, 0.25) is 0 Å². The number of nitrogens with zero attached hydrogens (tertiary/aromatic N) is 1. The molecular weight excluding hydrogens is 783 g/mol. The standard InChI is InChI=1S/C36H27N.14C2H6/c1-6-16-28(17-7-1)33-26-35(30-20-10-3-11-21-30)36(27-34(33)29-18-8-2-9-19-29)37(31-22-12-4-13-23-31)32-24-14-5-15-25-32;14*1-2/h1-27H;14*1-2H3. The molecule has 372 valence electrons. The van der Waals surface area contributed by atoms with Crippen LogP contribution in [-0.2, 0) is 0 Å². The minimum atomic E-state index is 1.12. The van der Waals surface area contributed by atoms with Crippen LogP contribution in [0.5, 0.6) is 0 Å². The molecule has 65 heavy (non-hydrogen) atoms. The van der Waals surface area contributed by atoms with Crippen LogP contribution in [0, 0.1) is 0 Å². The van der Waals surface area contributed by atoms with Crippen molar-refractivity contribution in [1.29, 1.82) is 0 Å². The van der Waals surface area contributed by atoms with E-state index < -0.39 is 0 Å². The summed E-state index contributed by atoms with van der Waals surface area (Å²) in [6.45, 7) is 56.0. The molecule has 0 aliphatic carbocycles. The van der Waals surface area contributed by atoms with Gasteiger partial charge in [-0.3, -0.25) is 0 Å². The van der Waals surface area contributed by atoms with E-state index >= 15 is 0 Å². The second-order valence-electron chi connectivity index (χ2n) is 9.02. The fraction of sp³-hybridized carbons (Fsp3) is 0.438. The van der Waals surface area contributed by atoms with E-state index in [1.54, 1.807) is 0 Å². The van der Waals surface area contributed by atoms with Crippen molar-refractivity contribution in [3.8, 4) is 33.4 Å². The third-order valence-electron chi connectivity index (χ3n) is 6.66. The van der Waals surface area contributed by atoms with E-state index in [0.29, 0.717) is 0 Å². The third kappa shape index (κ3) is 34.2. The van der Waals surface area contributed by atoms with Gasteiger partial charge in [0.05, 0.1) is 5.69 Å². The Labute approximate surface area is 411 Å². The molecule has 0 unspecified atom stereocenters. The summed E-state index contributed by atoms with van der Waals surface area (Å²) in [5, 5.41) is 0. The smallest absolute Gasteiger partial charge is 0.0546 e. The number of rotatable bonds is 6. The molecule has 0 heterocycles. The van der Waals surface area contributed by atoms with Crippen LogP contribution in [0.1, 0.15) is 194 Å². The van der Waals surface area contributed by atoms with Crippen LogP contribution in [0.3, 0.4) is 0 Å². The molecule has 0 N–H and O–H groups in total. The van der Waals surface area contributed by atoms with E-state index in [4.69, 9.17) is 0 Å². The molecule has 0 atom stereocenters. The second kappa shape index (κ2) is 73.5. The summed E-state index contributed by atoms with van der Waals surface area (Å²) < 4.78 is 0. The van der Waals surface area contributed by atoms with Crippen molar-refractivity contribution in [1.82, 2.24) is 0 Å². The molecule has 0 bridgehead atoms. The van der Waals surface area contributed by atoms with Crippen molar-refractivity contribution in [2.24, 2.45) is 0 Å². The van der Waals surface area contributed by atoms with Gasteiger partial charge in [-0.2, -0.15) is 0 Å². The fourth-order valence-electron chi connectivity index (χ4n) is 4.92. The molecule has 6 aromatic carbocycles. The van der Waals surface area contributed by atoms with E-state index in [2.05, 4.69) is 169 Å². The molecule has 0 saturated carbocycles. The maximum absolute atomic E-state index is 2.36. The normalized spacial score (nSPS) is 7.38. The highest BCUT2D eigenvalue weighted by molar-refractivity contribution is 5.96. The molecule has 0 fully saturated rings. The molecule has 0 saturated heterocycles. The van der Waals surface area contributed by atoms with Gasteiger partial charge in [0.25, 0.3) is 0 Å². The number of benzene rings is 6. The SMILES string of the molecule is CC.CC.CC.CC.CC.CC.CC.CC.CC.CC.CC.CC.CC.CC.c1ccc(-c2cc(-c3ccccc3)c(N(c3ccccc3)c3ccccc3)cc2-c2ccccc2)cc1. The largest absolute Gasteiger partial charge is 0.310 e. The Bertz CT molecular complexity index is 1540. The monoisotopic (exact) mass is 894 g/mol. The Balaban J connectivity index is -0.000000138. The van der Waals surface area contributed by atoms with Gasteiger partial charge in [0.2, 0.25) is 0 Å². The summed E-state index contributed by atoms with van der Waals surface area (Å²) in [6.07, 6.45) is 0. The highest BCUT2D eigenvalue weighted by Crippen LogP contribution is 2.46. The summed E-state index contributed by atoms with van der Waals surface area (Å²) in [6, 6.07) is 58.0. The molecule has 0 amide bonds. The minimum Gasteiger partial charge on any atom is -0.310 e. The van der Waals surface area contributed by atoms with Gasteiger partial charge in [0.1, 0.15) is 0 Å². The zero-order valence-corrected chi connectivity index (χ0v) is 48.5. The third-order valence-corrected chi connectivity index (χ3v) is 6.66. The molecule has 1 nitrogen and oxygen atoms in total. The number of anilines is 3. The Morgan fingerprint density at radius 3 is 0.615 bits per heavy atom. The second-order valence-corrected chi connectivity index (χ2v) is 9.02. The fourth-order valence-corrected chi connectivity index (χ4v) is 4.92. The van der Waals surface area contributed by atoms with Crippen LogP contribution < -0.4 is 4.90 Å². The molecule has 0 spiro atoms. The van der Waals surface area contributed by atoms with Gasteiger partial charge in [0, 0.05) is 16.9 Å². The Morgan fingerprint density at radius 1 is 0.200 bits per heavy atom. The average Bonchev–Trinajstić information content (AvgIpc) is 3.47. The summed E-state index contributed by atoms with van der Waals surface area (Å²) in [7, 11) is 0. The maximum Gasteiger partial charge on any atom is 0.0546 e. The predicted octanol–water partition coefficient (Wildman–Crippen LogP) is 24.5. The van der Waals surface area contributed by atoms with Crippen molar-refractivity contribution in [2.75, 3.05) is 4.90 Å². The predicted molar refractivity (Wildman–Crippen MR) is 316 cm³/mol. The molecule has 0 radical (unpaired) electrons. The summed E-state index contributed by atoms with van der Waals surface area (Å²) in [5.74, 6) is 0. The van der Waals surface area contributed by atoms with Crippen molar-refractivity contribution in [2.45, 2.75) is 194 Å². The number of para-hydroxylation sites is 2. The first kappa shape index (κ1) is 80.4. The molecular formula is C64H111N. The van der Waals surface area contributed by atoms with Gasteiger partial charge < -0.3 is 4.90 Å². The van der Waals surface area contributed by atoms with Gasteiger partial charge in [-0.05, 0) is 64.2 Å². The van der Waals surface area contributed by atoms with Crippen LogP contribution in [-0.4, -0.2) is 0 Å². The first-order valence-corrected chi connectivity index (χ1v) is 26.6. The van der Waals surface area contributed by atoms with Gasteiger partial charge >= 0.3 is 0 Å². The molecule has 0 aliphatic rings. The van der Waals surface area contributed by atoms with Crippen LogP contribution in [0.15, 0.2) is 164 Å². The highest BCUT2D eigenvalue weighted by Gasteiger charge is 2.21. The molecule has 6 rings (SSSR count). The lowest BCUT2D eigenvalue weighted by atomic mass is 9.89. The molecule has 6 aromatic rings. The van der Waals surface area contributed by atoms with E-state index in [0.717, 1.165) is 17.1 Å². The molecule has 0 aliphatic heterocycles. The van der Waals surface area contributed by atoms with E-state index in [1.807, 2.05) is 194 Å². The summed E-state index contributed by atoms with van der Waals surface area (Å²) in [5.41, 5.74) is 10.6. The van der Waals surface area contributed by atoms with E-state index in [-0.39, 0.29) is 0 Å². The lowest BCUT2D eigenvalue weighted by Gasteiger charge is -2.29. The zero-order valence-electron chi connectivity index (χ0n) is 48.5. The van der Waals surface area contributed by atoms with E-state index in [1.165, 1.54) is 33.4 Å². The number of hydrogen-bond donors (Lipinski definition) is 0. The topological polar surface area (TPSA) is 3.24 Å². The van der Waals surface area contributed by atoms with E-state index in [9.17, 15) is 0 Å². The van der Waals surface area contributed by atoms with Crippen molar-refractivity contribution >= 4 is 17.1 Å². The number of hydrogen-bond acceptors (Lipinski definition) is 1. The van der Waals surface area contributed by atoms with Crippen molar-refractivity contribution in [3.05, 3.63) is 164 Å². The quantitative estimate of drug-likeness (QED) is 0.161. The minimum absolute atomic E-state index is 1.12. The Kier molecular flexibility index (Phi) is 90.9. The first-order chi connectivity index (χ1) is 32.4. The lowest BCUT2D eigenvalue weighted by molar-refractivity contribution is 1.28. The lowest BCUT2D eigenvalue weighted by Crippen LogP contribution is -2.11. The van der Waals surface area contributed by atoms with Crippen LogP contribution in [0.4, 0.5) is 17.1 Å².